The molecule has 0 bridgehead atoms. The fourth-order valence-corrected chi connectivity index (χ4v) is 2.29. The lowest BCUT2D eigenvalue weighted by Gasteiger charge is -2.06. The van der Waals surface area contributed by atoms with Crippen LogP contribution in [-0.2, 0) is 13.6 Å². The smallest absolute Gasteiger partial charge is 0.0738 e. The van der Waals surface area contributed by atoms with Gasteiger partial charge in [0.2, 0.25) is 0 Å². The molecule has 0 fully saturated rings. The van der Waals surface area contributed by atoms with Crippen LogP contribution < -0.4 is 5.32 Å². The summed E-state index contributed by atoms with van der Waals surface area (Å²) in [5.74, 6) is 3.32. The maximum absolute atomic E-state index is 3.89. The minimum atomic E-state index is 0.804. The minimum absolute atomic E-state index is 0.804. The number of aryl methyl sites for hydroxylation is 1. The third kappa shape index (κ3) is 5.51. The maximum Gasteiger partial charge on any atom is 0.0738 e. The summed E-state index contributed by atoms with van der Waals surface area (Å²) in [6.45, 7) is 6.45. The van der Waals surface area contributed by atoms with Gasteiger partial charge in [0.25, 0.3) is 0 Å². The molecule has 0 saturated heterocycles. The molecule has 0 aliphatic rings. The van der Waals surface area contributed by atoms with E-state index in [1.807, 2.05) is 18.8 Å². The van der Waals surface area contributed by atoms with Gasteiger partial charge in [0.15, 0.2) is 0 Å². The summed E-state index contributed by atoms with van der Waals surface area (Å²) in [7, 11) is 1.92. The summed E-state index contributed by atoms with van der Waals surface area (Å²) in [6.07, 6.45) is 3.03. The van der Waals surface area contributed by atoms with E-state index in [1.165, 1.54) is 17.9 Å². The number of aromatic nitrogens is 3. The fraction of sp³-hybridized carbons (Fsp3) is 0.818. The van der Waals surface area contributed by atoms with Crippen molar-refractivity contribution in [2.24, 2.45) is 13.0 Å². The van der Waals surface area contributed by atoms with Gasteiger partial charge in [-0.1, -0.05) is 19.1 Å². The molecular weight excluding hydrogens is 220 g/mol. The van der Waals surface area contributed by atoms with Crippen LogP contribution in [0.25, 0.3) is 0 Å². The van der Waals surface area contributed by atoms with Crippen LogP contribution in [-0.4, -0.2) is 33.0 Å². The zero-order valence-corrected chi connectivity index (χ0v) is 11.3. The number of rotatable bonds is 8. The van der Waals surface area contributed by atoms with Gasteiger partial charge < -0.3 is 5.32 Å². The van der Waals surface area contributed by atoms with Crippen LogP contribution >= 0.6 is 11.8 Å². The zero-order chi connectivity index (χ0) is 11.8. The van der Waals surface area contributed by atoms with E-state index in [-0.39, 0.29) is 0 Å². The maximum atomic E-state index is 3.89. The Kier molecular flexibility index (Phi) is 6.49. The molecule has 0 aromatic carbocycles. The zero-order valence-electron chi connectivity index (χ0n) is 10.4. The van der Waals surface area contributed by atoms with Crippen LogP contribution in [0.5, 0.6) is 0 Å². The van der Waals surface area contributed by atoms with Crippen LogP contribution in [0.3, 0.4) is 0 Å². The van der Waals surface area contributed by atoms with E-state index in [4.69, 9.17) is 0 Å². The Morgan fingerprint density at radius 1 is 1.50 bits per heavy atom. The Morgan fingerprint density at radius 2 is 2.31 bits per heavy atom. The van der Waals surface area contributed by atoms with E-state index >= 15 is 0 Å². The Balaban J connectivity index is 1.94. The Bertz CT molecular complexity index is 285. The third-order valence-corrected chi connectivity index (χ3v) is 3.69. The van der Waals surface area contributed by atoms with Crippen LogP contribution in [0.4, 0.5) is 0 Å². The van der Waals surface area contributed by atoms with Crippen LogP contribution in [0, 0.1) is 5.92 Å². The van der Waals surface area contributed by atoms with Crippen molar-refractivity contribution in [3.05, 3.63) is 11.9 Å². The summed E-state index contributed by atoms with van der Waals surface area (Å²) < 4.78 is 1.81. The summed E-state index contributed by atoms with van der Waals surface area (Å²) in [4.78, 5) is 0. The molecule has 0 atom stereocenters. The largest absolute Gasteiger partial charge is 0.311 e. The second-order valence-corrected chi connectivity index (χ2v) is 5.50. The number of nitrogens with one attached hydrogen (secondary N) is 1. The molecule has 0 unspecified atom stereocenters. The van der Waals surface area contributed by atoms with Crippen molar-refractivity contribution in [3.63, 3.8) is 0 Å². The SMILES string of the molecule is CC(C)CSCCCNCc1cnnn1C. The molecule has 92 valence electrons. The highest BCUT2D eigenvalue weighted by atomic mass is 32.2. The number of hydrogen-bond acceptors (Lipinski definition) is 4. The van der Waals surface area contributed by atoms with Crippen molar-refractivity contribution in [2.45, 2.75) is 26.8 Å². The van der Waals surface area contributed by atoms with E-state index in [0.717, 1.165) is 24.7 Å². The van der Waals surface area contributed by atoms with Crippen LogP contribution in [0.15, 0.2) is 6.20 Å². The molecule has 0 aliphatic carbocycles. The first-order valence-electron chi connectivity index (χ1n) is 5.82. The Morgan fingerprint density at radius 3 is 2.94 bits per heavy atom. The highest BCUT2D eigenvalue weighted by molar-refractivity contribution is 7.99. The van der Waals surface area contributed by atoms with Gasteiger partial charge in [-0.2, -0.15) is 11.8 Å². The van der Waals surface area contributed by atoms with E-state index in [2.05, 4.69) is 29.5 Å². The standard InChI is InChI=1S/C11H22N4S/c1-10(2)9-16-6-4-5-12-7-11-8-13-14-15(11)3/h8,10,12H,4-7,9H2,1-3H3. The summed E-state index contributed by atoms with van der Waals surface area (Å²) in [6, 6.07) is 0. The number of hydrogen-bond donors (Lipinski definition) is 1. The molecular formula is C11H22N4S. The van der Waals surface area contributed by atoms with Crippen LogP contribution in [0.1, 0.15) is 26.0 Å². The van der Waals surface area contributed by atoms with E-state index in [1.54, 1.807) is 10.9 Å². The first kappa shape index (κ1) is 13.5. The highest BCUT2D eigenvalue weighted by Gasteiger charge is 1.98. The van der Waals surface area contributed by atoms with E-state index < -0.39 is 0 Å². The number of nitrogens with zero attached hydrogens (tertiary/aromatic N) is 3. The predicted molar refractivity (Wildman–Crippen MR) is 69.5 cm³/mol. The van der Waals surface area contributed by atoms with Crippen molar-refractivity contribution in [2.75, 3.05) is 18.1 Å². The second kappa shape index (κ2) is 7.68. The Hall–Kier alpha value is -0.550. The van der Waals surface area contributed by atoms with Gasteiger partial charge in [-0.15, -0.1) is 5.10 Å². The van der Waals surface area contributed by atoms with Gasteiger partial charge in [0.05, 0.1) is 11.9 Å². The van der Waals surface area contributed by atoms with Crippen molar-refractivity contribution in [1.29, 1.82) is 0 Å². The molecule has 1 heterocycles. The molecule has 0 amide bonds. The molecule has 1 N–H and O–H groups in total. The summed E-state index contributed by atoms with van der Waals surface area (Å²) in [5.41, 5.74) is 1.13. The average Bonchev–Trinajstić information content (AvgIpc) is 2.62. The van der Waals surface area contributed by atoms with Gasteiger partial charge >= 0.3 is 0 Å². The minimum Gasteiger partial charge on any atom is -0.311 e. The van der Waals surface area contributed by atoms with E-state index in [0.29, 0.717) is 0 Å². The Labute approximate surface area is 102 Å². The second-order valence-electron chi connectivity index (χ2n) is 4.35. The van der Waals surface area contributed by atoms with Gasteiger partial charge in [-0.25, -0.2) is 0 Å². The molecule has 16 heavy (non-hydrogen) atoms. The summed E-state index contributed by atoms with van der Waals surface area (Å²) >= 11 is 2.04. The first-order chi connectivity index (χ1) is 7.70. The van der Waals surface area contributed by atoms with Crippen molar-refractivity contribution < 1.29 is 0 Å². The highest BCUT2D eigenvalue weighted by Crippen LogP contribution is 2.07. The van der Waals surface area contributed by atoms with Crippen LogP contribution in [0.2, 0.25) is 0 Å². The molecule has 0 saturated carbocycles. The molecule has 4 nitrogen and oxygen atoms in total. The van der Waals surface area contributed by atoms with Crippen molar-refractivity contribution >= 4 is 11.8 Å². The quantitative estimate of drug-likeness (QED) is 0.704. The van der Waals surface area contributed by atoms with Gasteiger partial charge in [0.1, 0.15) is 0 Å². The summed E-state index contributed by atoms with van der Waals surface area (Å²) in [5, 5.41) is 11.1. The third-order valence-electron chi connectivity index (χ3n) is 2.21. The lowest BCUT2D eigenvalue weighted by molar-refractivity contribution is 0.613. The molecule has 1 aromatic heterocycles. The first-order valence-corrected chi connectivity index (χ1v) is 6.97. The van der Waals surface area contributed by atoms with Crippen molar-refractivity contribution in [1.82, 2.24) is 20.3 Å². The van der Waals surface area contributed by atoms with E-state index in [9.17, 15) is 0 Å². The molecule has 0 aliphatic heterocycles. The number of thioether (sulfide) groups is 1. The van der Waals surface area contributed by atoms with Gasteiger partial charge in [-0.05, 0) is 30.4 Å². The normalized spacial score (nSPS) is 11.2. The average molecular weight is 242 g/mol. The molecule has 0 spiro atoms. The van der Waals surface area contributed by atoms with Gasteiger partial charge in [0, 0.05) is 13.6 Å². The fourth-order valence-electron chi connectivity index (χ4n) is 1.31. The van der Waals surface area contributed by atoms with Crippen molar-refractivity contribution in [3.8, 4) is 0 Å². The molecule has 0 radical (unpaired) electrons. The lowest BCUT2D eigenvalue weighted by Crippen LogP contribution is -2.17. The monoisotopic (exact) mass is 242 g/mol. The molecule has 1 rings (SSSR count). The topological polar surface area (TPSA) is 42.7 Å². The molecule has 5 heteroatoms. The molecule has 1 aromatic rings. The van der Waals surface area contributed by atoms with Gasteiger partial charge in [-0.3, -0.25) is 4.68 Å². The predicted octanol–water partition coefficient (Wildman–Crippen LogP) is 1.68. The lowest BCUT2D eigenvalue weighted by atomic mass is 10.3.